The van der Waals surface area contributed by atoms with E-state index in [0.717, 1.165) is 15.6 Å². The van der Waals surface area contributed by atoms with Crippen molar-refractivity contribution >= 4 is 60.3 Å². The highest BCUT2D eigenvalue weighted by molar-refractivity contribution is 7.91. The van der Waals surface area contributed by atoms with Crippen LogP contribution in [0.3, 0.4) is 0 Å². The van der Waals surface area contributed by atoms with E-state index < -0.39 is 16.1 Å². The van der Waals surface area contributed by atoms with E-state index >= 15 is 0 Å². The van der Waals surface area contributed by atoms with Crippen LogP contribution in [0.1, 0.15) is 22.4 Å². The molecule has 3 heterocycles. The third-order valence-electron chi connectivity index (χ3n) is 4.83. The number of thiophene rings is 2. The maximum atomic E-state index is 13.0. The second-order valence-corrected chi connectivity index (χ2v) is 11.1. The predicted molar refractivity (Wildman–Crippen MR) is 115 cm³/mol. The van der Waals surface area contributed by atoms with Crippen molar-refractivity contribution in [3.05, 3.63) is 50.7 Å². The molecule has 2 aromatic heterocycles. The van der Waals surface area contributed by atoms with Gasteiger partial charge in [-0.15, -0.1) is 22.7 Å². The molecule has 0 saturated carbocycles. The van der Waals surface area contributed by atoms with Crippen LogP contribution in [0, 0.1) is 18.3 Å². The lowest BCUT2D eigenvalue weighted by molar-refractivity contribution is -0.129. The Hall–Kier alpha value is -1.96. The standard InChI is InChI=1S/C19H16ClN3O3S3/c1-11-15-7-13(20)2-3-17(15)28-19(11)29(25,26)22-16-4-5-23(18(16)24)9-12-6-14(8-21)27-10-12/h2-3,6-7,10,16,22H,4-5,9H2,1H3/t16-/m0/s1. The summed E-state index contributed by atoms with van der Waals surface area (Å²) in [7, 11) is -3.84. The second kappa shape index (κ2) is 7.70. The molecule has 0 bridgehead atoms. The summed E-state index contributed by atoms with van der Waals surface area (Å²) in [5.74, 6) is -0.250. The summed E-state index contributed by atoms with van der Waals surface area (Å²) in [4.78, 5) is 14.9. The van der Waals surface area contributed by atoms with Crippen molar-refractivity contribution in [3.63, 3.8) is 0 Å². The first-order valence-electron chi connectivity index (χ1n) is 8.76. The molecule has 1 fully saturated rings. The Balaban J connectivity index is 1.52. The number of rotatable bonds is 5. The Morgan fingerprint density at radius 1 is 1.38 bits per heavy atom. The molecule has 0 aliphatic carbocycles. The molecule has 3 aromatic rings. The summed E-state index contributed by atoms with van der Waals surface area (Å²) in [6.45, 7) is 2.58. The van der Waals surface area contributed by atoms with Gasteiger partial charge >= 0.3 is 0 Å². The molecule has 6 nitrogen and oxygen atoms in total. The lowest BCUT2D eigenvalue weighted by atomic mass is 10.2. The zero-order valence-electron chi connectivity index (χ0n) is 15.3. The zero-order valence-corrected chi connectivity index (χ0v) is 18.5. The van der Waals surface area contributed by atoms with Crippen molar-refractivity contribution in [3.8, 4) is 6.07 Å². The molecular formula is C19H16ClN3O3S3. The molecule has 0 radical (unpaired) electrons. The van der Waals surface area contributed by atoms with E-state index in [1.807, 2.05) is 5.38 Å². The summed E-state index contributed by atoms with van der Waals surface area (Å²) in [6, 6.07) is 8.31. The summed E-state index contributed by atoms with van der Waals surface area (Å²) in [6.07, 6.45) is 0.406. The van der Waals surface area contributed by atoms with Crippen molar-refractivity contribution in [2.24, 2.45) is 0 Å². The SMILES string of the molecule is Cc1c(S(=O)(=O)N[C@H]2CCN(Cc3csc(C#N)c3)C2=O)sc2ccc(Cl)cc12. The topological polar surface area (TPSA) is 90.3 Å². The number of nitrogens with zero attached hydrogens (tertiary/aromatic N) is 2. The van der Waals surface area contributed by atoms with Crippen LogP contribution in [0.15, 0.2) is 33.9 Å². The quantitative estimate of drug-likeness (QED) is 0.619. The molecule has 1 atom stereocenters. The van der Waals surface area contributed by atoms with Gasteiger partial charge in [0.1, 0.15) is 21.2 Å². The summed E-state index contributed by atoms with van der Waals surface area (Å²) in [5, 5.41) is 12.1. The molecule has 1 aliphatic heterocycles. The number of likely N-dealkylation sites (tertiary alicyclic amines) is 1. The van der Waals surface area contributed by atoms with Crippen LogP contribution >= 0.6 is 34.3 Å². The Kier molecular flexibility index (Phi) is 5.40. The molecule has 0 spiro atoms. The normalized spacial score (nSPS) is 17.2. The van der Waals surface area contributed by atoms with Gasteiger partial charge in [-0.25, -0.2) is 8.42 Å². The van der Waals surface area contributed by atoms with Crippen LogP contribution in [0.5, 0.6) is 0 Å². The zero-order chi connectivity index (χ0) is 20.8. The number of aryl methyl sites for hydroxylation is 1. The highest BCUT2D eigenvalue weighted by Crippen LogP contribution is 2.35. The largest absolute Gasteiger partial charge is 0.337 e. The fraction of sp³-hybridized carbons (Fsp3) is 0.263. The first-order chi connectivity index (χ1) is 13.8. The third-order valence-corrected chi connectivity index (χ3v) is 9.31. The van der Waals surface area contributed by atoms with Gasteiger partial charge in [0, 0.05) is 22.8 Å². The summed E-state index contributed by atoms with van der Waals surface area (Å²) >= 11 is 8.53. The van der Waals surface area contributed by atoms with Crippen LogP contribution in [-0.4, -0.2) is 31.8 Å². The van der Waals surface area contributed by atoms with Gasteiger partial charge in [0.05, 0.1) is 0 Å². The molecule has 0 unspecified atom stereocenters. The molecule has 10 heteroatoms. The number of nitriles is 1. The van der Waals surface area contributed by atoms with E-state index in [4.69, 9.17) is 16.9 Å². The molecule has 4 rings (SSSR count). The number of sulfonamides is 1. The van der Waals surface area contributed by atoms with Gasteiger partial charge in [0.15, 0.2) is 0 Å². The minimum absolute atomic E-state index is 0.206. The van der Waals surface area contributed by atoms with Crippen LogP contribution in [-0.2, 0) is 21.4 Å². The molecule has 1 N–H and O–H groups in total. The van der Waals surface area contributed by atoms with Crippen molar-refractivity contribution in [1.29, 1.82) is 5.26 Å². The van der Waals surface area contributed by atoms with E-state index in [1.54, 1.807) is 36.1 Å². The monoisotopic (exact) mass is 465 g/mol. The number of benzene rings is 1. The van der Waals surface area contributed by atoms with E-state index in [9.17, 15) is 13.2 Å². The number of carbonyl (C=O) groups is 1. The van der Waals surface area contributed by atoms with Gasteiger partial charge in [0.25, 0.3) is 10.0 Å². The van der Waals surface area contributed by atoms with E-state index in [-0.39, 0.29) is 10.1 Å². The van der Waals surface area contributed by atoms with Crippen molar-refractivity contribution in [2.75, 3.05) is 6.54 Å². The average Bonchev–Trinajstić information content (AvgIpc) is 3.36. The number of hydrogen-bond donors (Lipinski definition) is 1. The number of fused-ring (bicyclic) bond motifs is 1. The van der Waals surface area contributed by atoms with Gasteiger partial charge in [-0.1, -0.05) is 11.6 Å². The van der Waals surface area contributed by atoms with Crippen LogP contribution in [0.25, 0.3) is 10.1 Å². The molecule has 1 aliphatic rings. The first kappa shape index (κ1) is 20.3. The minimum Gasteiger partial charge on any atom is -0.337 e. The minimum atomic E-state index is -3.84. The lowest BCUT2D eigenvalue weighted by Crippen LogP contribution is -2.41. The lowest BCUT2D eigenvalue weighted by Gasteiger charge is -2.16. The Morgan fingerprint density at radius 3 is 2.90 bits per heavy atom. The van der Waals surface area contributed by atoms with Crippen molar-refractivity contribution in [1.82, 2.24) is 9.62 Å². The number of halogens is 1. The van der Waals surface area contributed by atoms with Crippen LogP contribution in [0.4, 0.5) is 0 Å². The molecule has 1 aromatic carbocycles. The van der Waals surface area contributed by atoms with Gasteiger partial charge in [0.2, 0.25) is 5.91 Å². The molecule has 1 saturated heterocycles. The second-order valence-electron chi connectivity index (χ2n) is 6.81. The maximum absolute atomic E-state index is 13.0. The number of amides is 1. The fourth-order valence-electron chi connectivity index (χ4n) is 3.41. The van der Waals surface area contributed by atoms with Crippen LogP contribution < -0.4 is 4.72 Å². The van der Waals surface area contributed by atoms with Gasteiger partial charge in [-0.05, 0) is 59.5 Å². The van der Waals surface area contributed by atoms with Gasteiger partial charge in [-0.2, -0.15) is 9.98 Å². The van der Waals surface area contributed by atoms with Crippen molar-refractivity contribution < 1.29 is 13.2 Å². The predicted octanol–water partition coefficient (Wildman–Crippen LogP) is 3.88. The third kappa shape index (κ3) is 3.91. The average molecular weight is 466 g/mol. The van der Waals surface area contributed by atoms with E-state index in [1.165, 1.54) is 22.7 Å². The molecule has 1 amide bonds. The van der Waals surface area contributed by atoms with Gasteiger partial charge in [-0.3, -0.25) is 4.79 Å². The van der Waals surface area contributed by atoms with E-state index in [0.29, 0.717) is 35.0 Å². The highest BCUT2D eigenvalue weighted by atomic mass is 35.5. The highest BCUT2D eigenvalue weighted by Gasteiger charge is 2.36. The molecule has 150 valence electrons. The Bertz CT molecular complexity index is 1260. The Labute approximate surface area is 181 Å². The number of hydrogen-bond acceptors (Lipinski definition) is 6. The number of carbonyl (C=O) groups excluding carboxylic acids is 1. The Morgan fingerprint density at radius 2 is 2.17 bits per heavy atom. The summed E-state index contributed by atoms with van der Waals surface area (Å²) < 4.78 is 29.6. The van der Waals surface area contributed by atoms with Crippen molar-refractivity contribution in [2.45, 2.75) is 30.1 Å². The first-order valence-corrected chi connectivity index (χ1v) is 12.3. The molecular weight excluding hydrogens is 450 g/mol. The maximum Gasteiger partial charge on any atom is 0.251 e. The van der Waals surface area contributed by atoms with E-state index in [2.05, 4.69) is 10.8 Å². The smallest absolute Gasteiger partial charge is 0.251 e. The van der Waals surface area contributed by atoms with Gasteiger partial charge < -0.3 is 4.90 Å². The number of nitrogens with one attached hydrogen (secondary N) is 1. The molecule has 29 heavy (non-hydrogen) atoms. The fourth-order valence-corrected chi connectivity index (χ4v) is 7.26. The van der Waals surface area contributed by atoms with Crippen LogP contribution in [0.2, 0.25) is 5.02 Å². The summed E-state index contributed by atoms with van der Waals surface area (Å²) in [5.41, 5.74) is 1.50.